The monoisotopic (exact) mass is 211 g/mol. The third-order valence-corrected chi connectivity index (χ3v) is 2.82. The molecule has 1 aliphatic heterocycles. The maximum atomic E-state index is 8.94. The van der Waals surface area contributed by atoms with Gasteiger partial charge in [-0.05, 0) is 32.4 Å². The van der Waals surface area contributed by atoms with Crippen molar-refractivity contribution < 1.29 is 5.11 Å². The first-order valence-corrected chi connectivity index (χ1v) is 5.80. The number of aliphatic hydroxyl groups excluding tert-OH is 1. The highest BCUT2D eigenvalue weighted by atomic mass is 16.3. The van der Waals surface area contributed by atoms with Gasteiger partial charge in [-0.15, -0.1) is 0 Å². The van der Waals surface area contributed by atoms with E-state index >= 15 is 0 Å². The molecule has 4 heteroatoms. The molecule has 0 aromatic heterocycles. The quantitative estimate of drug-likeness (QED) is 0.596. The predicted molar refractivity (Wildman–Crippen MR) is 59.4 cm³/mol. The molecule has 15 heavy (non-hydrogen) atoms. The molecule has 1 heterocycles. The van der Waals surface area contributed by atoms with E-state index in [1.54, 1.807) is 0 Å². The highest BCUT2D eigenvalue weighted by molar-refractivity contribution is 4.78. The molecule has 86 valence electrons. The van der Waals surface area contributed by atoms with E-state index in [9.17, 15) is 0 Å². The number of unbranched alkanes of at least 4 members (excludes halogenated alkanes) is 1. The van der Waals surface area contributed by atoms with Crippen LogP contribution < -0.4 is 5.32 Å². The van der Waals surface area contributed by atoms with Gasteiger partial charge in [-0.3, -0.25) is 4.90 Å². The average molecular weight is 211 g/mol. The fourth-order valence-corrected chi connectivity index (χ4v) is 2.04. The van der Waals surface area contributed by atoms with Crippen molar-refractivity contribution in [2.75, 3.05) is 32.8 Å². The van der Waals surface area contributed by atoms with Gasteiger partial charge in [0.05, 0.1) is 12.7 Å². The molecule has 1 fully saturated rings. The van der Waals surface area contributed by atoms with E-state index in [-0.39, 0.29) is 6.61 Å². The summed E-state index contributed by atoms with van der Waals surface area (Å²) < 4.78 is 0. The van der Waals surface area contributed by atoms with Crippen molar-refractivity contribution in [3.8, 4) is 6.07 Å². The minimum atomic E-state index is 0.208. The maximum absolute atomic E-state index is 8.94. The summed E-state index contributed by atoms with van der Waals surface area (Å²) in [4.78, 5) is 2.25. The summed E-state index contributed by atoms with van der Waals surface area (Å²) in [5, 5.41) is 20.9. The van der Waals surface area contributed by atoms with Gasteiger partial charge in [0.25, 0.3) is 0 Å². The van der Waals surface area contributed by atoms with Crippen molar-refractivity contribution in [3.05, 3.63) is 0 Å². The largest absolute Gasteiger partial charge is 0.395 e. The van der Waals surface area contributed by atoms with Crippen molar-refractivity contribution in [1.82, 2.24) is 10.2 Å². The summed E-state index contributed by atoms with van der Waals surface area (Å²) in [6.07, 6.45) is 4.01. The lowest BCUT2D eigenvalue weighted by molar-refractivity contribution is 0.184. The Hall–Kier alpha value is -0.630. The van der Waals surface area contributed by atoms with E-state index in [4.69, 9.17) is 10.4 Å². The van der Waals surface area contributed by atoms with Crippen LogP contribution in [0.4, 0.5) is 0 Å². The fraction of sp³-hybridized carbons (Fsp3) is 0.909. The number of hydrogen-bond acceptors (Lipinski definition) is 4. The molecule has 2 N–H and O–H groups in total. The first kappa shape index (κ1) is 12.4. The van der Waals surface area contributed by atoms with E-state index in [2.05, 4.69) is 16.3 Å². The Balaban J connectivity index is 2.19. The van der Waals surface area contributed by atoms with E-state index in [1.807, 2.05) is 0 Å². The van der Waals surface area contributed by atoms with E-state index in [0.717, 1.165) is 32.6 Å². The molecule has 0 spiro atoms. The molecule has 4 nitrogen and oxygen atoms in total. The SMILES string of the molecule is N#CCCCN(CCO)CC1CCCN1. The van der Waals surface area contributed by atoms with Gasteiger partial charge in [0, 0.05) is 25.6 Å². The van der Waals surface area contributed by atoms with Crippen LogP contribution in [0.5, 0.6) is 0 Å². The molecule has 1 rings (SSSR count). The number of nitriles is 1. The summed E-state index contributed by atoms with van der Waals surface area (Å²) in [6.45, 7) is 3.98. The van der Waals surface area contributed by atoms with E-state index in [1.165, 1.54) is 12.8 Å². The van der Waals surface area contributed by atoms with E-state index in [0.29, 0.717) is 12.5 Å². The molecular formula is C11H21N3O. The van der Waals surface area contributed by atoms with Gasteiger partial charge in [0.1, 0.15) is 0 Å². The molecule has 0 aromatic rings. The van der Waals surface area contributed by atoms with Gasteiger partial charge in [-0.2, -0.15) is 5.26 Å². The highest BCUT2D eigenvalue weighted by Crippen LogP contribution is 2.07. The minimum absolute atomic E-state index is 0.208. The smallest absolute Gasteiger partial charge is 0.0622 e. The summed E-state index contributed by atoms with van der Waals surface area (Å²) >= 11 is 0. The third kappa shape index (κ3) is 5.12. The molecule has 1 aliphatic rings. The Morgan fingerprint density at radius 1 is 1.47 bits per heavy atom. The van der Waals surface area contributed by atoms with Crippen molar-refractivity contribution >= 4 is 0 Å². The number of hydrogen-bond donors (Lipinski definition) is 2. The Morgan fingerprint density at radius 2 is 2.33 bits per heavy atom. The van der Waals surface area contributed by atoms with Crippen LogP contribution in [0, 0.1) is 11.3 Å². The van der Waals surface area contributed by atoms with Crippen LogP contribution in [0.2, 0.25) is 0 Å². The number of nitrogens with one attached hydrogen (secondary N) is 1. The molecule has 0 saturated carbocycles. The molecule has 1 saturated heterocycles. The van der Waals surface area contributed by atoms with Gasteiger partial charge in [0.2, 0.25) is 0 Å². The second-order valence-corrected chi connectivity index (χ2v) is 4.08. The zero-order valence-corrected chi connectivity index (χ0v) is 9.28. The second kappa shape index (κ2) is 7.63. The van der Waals surface area contributed by atoms with Crippen molar-refractivity contribution in [2.24, 2.45) is 0 Å². The fourth-order valence-electron chi connectivity index (χ4n) is 2.04. The molecule has 1 unspecified atom stereocenters. The van der Waals surface area contributed by atoms with Crippen molar-refractivity contribution in [2.45, 2.75) is 31.7 Å². The molecular weight excluding hydrogens is 190 g/mol. The molecule has 0 bridgehead atoms. The summed E-state index contributed by atoms with van der Waals surface area (Å²) in [5.41, 5.74) is 0. The van der Waals surface area contributed by atoms with Crippen molar-refractivity contribution in [1.29, 1.82) is 5.26 Å². The molecule has 0 aliphatic carbocycles. The molecule has 1 atom stereocenters. The Kier molecular flexibility index (Phi) is 6.33. The summed E-state index contributed by atoms with van der Waals surface area (Å²) in [6, 6.07) is 2.74. The van der Waals surface area contributed by atoms with Gasteiger partial charge in [-0.25, -0.2) is 0 Å². The predicted octanol–water partition coefficient (Wildman–Crippen LogP) is 0.336. The molecule has 0 aromatic carbocycles. The van der Waals surface area contributed by atoms with Gasteiger partial charge in [-0.1, -0.05) is 0 Å². The zero-order valence-electron chi connectivity index (χ0n) is 9.28. The highest BCUT2D eigenvalue weighted by Gasteiger charge is 2.17. The Bertz CT molecular complexity index is 196. The first-order chi connectivity index (χ1) is 7.36. The number of aliphatic hydroxyl groups is 1. The van der Waals surface area contributed by atoms with Crippen LogP contribution >= 0.6 is 0 Å². The summed E-state index contributed by atoms with van der Waals surface area (Å²) in [7, 11) is 0. The second-order valence-electron chi connectivity index (χ2n) is 4.08. The summed E-state index contributed by atoms with van der Waals surface area (Å²) in [5.74, 6) is 0. The van der Waals surface area contributed by atoms with Gasteiger partial charge in [0.15, 0.2) is 0 Å². The standard InChI is InChI=1S/C11H21N3O/c12-5-1-2-7-14(8-9-15)10-11-4-3-6-13-11/h11,13,15H,1-4,6-10H2. The molecule has 0 radical (unpaired) electrons. The lowest BCUT2D eigenvalue weighted by atomic mass is 10.2. The van der Waals surface area contributed by atoms with Crippen LogP contribution in [0.25, 0.3) is 0 Å². The van der Waals surface area contributed by atoms with Crippen LogP contribution in [0.1, 0.15) is 25.7 Å². The normalized spacial score (nSPS) is 20.7. The Morgan fingerprint density at radius 3 is 2.93 bits per heavy atom. The van der Waals surface area contributed by atoms with Crippen molar-refractivity contribution in [3.63, 3.8) is 0 Å². The lowest BCUT2D eigenvalue weighted by Gasteiger charge is -2.24. The van der Waals surface area contributed by atoms with Crippen LogP contribution in [-0.2, 0) is 0 Å². The van der Waals surface area contributed by atoms with Crippen LogP contribution in [0.3, 0.4) is 0 Å². The first-order valence-electron chi connectivity index (χ1n) is 5.80. The Labute approximate surface area is 91.9 Å². The zero-order chi connectivity index (χ0) is 10.9. The van der Waals surface area contributed by atoms with E-state index < -0.39 is 0 Å². The molecule has 0 amide bonds. The van der Waals surface area contributed by atoms with Crippen LogP contribution in [-0.4, -0.2) is 48.8 Å². The average Bonchev–Trinajstić information content (AvgIpc) is 2.71. The lowest BCUT2D eigenvalue weighted by Crippen LogP contribution is -2.39. The topological polar surface area (TPSA) is 59.3 Å². The van der Waals surface area contributed by atoms with Crippen LogP contribution in [0.15, 0.2) is 0 Å². The maximum Gasteiger partial charge on any atom is 0.0622 e. The third-order valence-electron chi connectivity index (χ3n) is 2.82. The minimum Gasteiger partial charge on any atom is -0.395 e. The number of rotatable bonds is 7. The number of nitrogens with zero attached hydrogens (tertiary/aromatic N) is 2. The van der Waals surface area contributed by atoms with Gasteiger partial charge >= 0.3 is 0 Å². The van der Waals surface area contributed by atoms with Gasteiger partial charge < -0.3 is 10.4 Å².